The normalized spacial score (nSPS) is 10.9. The number of para-hydroxylation sites is 1. The van der Waals surface area contributed by atoms with E-state index in [2.05, 4.69) is 4.98 Å². The summed E-state index contributed by atoms with van der Waals surface area (Å²) in [5, 5.41) is 0.474. The van der Waals surface area contributed by atoms with Crippen LogP contribution in [0.4, 0.5) is 0 Å². The molecule has 2 aromatic heterocycles. The third-order valence-corrected chi connectivity index (χ3v) is 4.55. The molecule has 0 saturated heterocycles. The second-order valence-electron chi connectivity index (χ2n) is 6.57. The van der Waals surface area contributed by atoms with Gasteiger partial charge in [-0.1, -0.05) is 12.1 Å². The molecule has 0 aliphatic carbocycles. The number of esters is 1. The molecule has 0 unspecified atom stereocenters. The molecular weight excluding hydrogens is 362 g/mol. The van der Waals surface area contributed by atoms with Gasteiger partial charge in [0.25, 0.3) is 5.56 Å². The number of fused-ring (bicyclic) bond motifs is 1. The van der Waals surface area contributed by atoms with Gasteiger partial charge in [0.15, 0.2) is 0 Å². The Hall–Kier alpha value is -3.42. The molecule has 2 heterocycles. The van der Waals surface area contributed by atoms with Crippen LogP contribution in [-0.4, -0.2) is 40.5 Å². The number of ether oxygens (including phenoxy) is 1. The molecule has 3 aromatic rings. The SMILES string of the molecule is COC(=O)c1cc(CN(C)C(=O)Cn2cnc3c(C)cccc3c2=O)oc1C. The summed E-state index contributed by atoms with van der Waals surface area (Å²) in [7, 11) is 2.89. The molecule has 0 aliphatic heterocycles. The van der Waals surface area contributed by atoms with Gasteiger partial charge in [0.1, 0.15) is 23.6 Å². The van der Waals surface area contributed by atoms with Crippen molar-refractivity contribution < 1.29 is 18.7 Å². The van der Waals surface area contributed by atoms with Gasteiger partial charge in [0, 0.05) is 7.05 Å². The Kier molecular flexibility index (Phi) is 5.30. The Balaban J connectivity index is 1.76. The average Bonchev–Trinajstić information content (AvgIpc) is 3.03. The first-order chi connectivity index (χ1) is 13.3. The first-order valence-corrected chi connectivity index (χ1v) is 8.68. The molecule has 1 amide bonds. The maximum atomic E-state index is 12.6. The van der Waals surface area contributed by atoms with Gasteiger partial charge in [0.05, 0.1) is 30.9 Å². The number of likely N-dealkylation sites (N-methyl/N-ethyl adjacent to an activating group) is 1. The van der Waals surface area contributed by atoms with E-state index in [0.29, 0.717) is 28.0 Å². The lowest BCUT2D eigenvalue weighted by Crippen LogP contribution is -2.33. The summed E-state index contributed by atoms with van der Waals surface area (Å²) in [6.07, 6.45) is 1.38. The van der Waals surface area contributed by atoms with Crippen molar-refractivity contribution in [1.82, 2.24) is 14.5 Å². The van der Waals surface area contributed by atoms with Crippen LogP contribution >= 0.6 is 0 Å². The lowest BCUT2D eigenvalue weighted by atomic mass is 10.1. The molecule has 3 rings (SSSR count). The van der Waals surface area contributed by atoms with Crippen molar-refractivity contribution in [2.45, 2.75) is 26.9 Å². The first kappa shape index (κ1) is 19.3. The molecule has 0 saturated carbocycles. The lowest BCUT2D eigenvalue weighted by molar-refractivity contribution is -0.131. The summed E-state index contributed by atoms with van der Waals surface area (Å²) in [4.78, 5) is 42.6. The zero-order valence-corrected chi connectivity index (χ0v) is 16.2. The molecule has 0 aliphatic rings. The summed E-state index contributed by atoms with van der Waals surface area (Å²) in [5.41, 5.74) is 1.59. The molecular formula is C20H21N3O5. The second kappa shape index (κ2) is 7.67. The van der Waals surface area contributed by atoms with Crippen molar-refractivity contribution >= 4 is 22.8 Å². The van der Waals surface area contributed by atoms with Gasteiger partial charge >= 0.3 is 5.97 Å². The van der Waals surface area contributed by atoms with E-state index in [1.807, 2.05) is 13.0 Å². The highest BCUT2D eigenvalue weighted by Crippen LogP contribution is 2.17. The number of nitrogens with zero attached hydrogens (tertiary/aromatic N) is 3. The Morgan fingerprint density at radius 2 is 2.04 bits per heavy atom. The molecule has 0 fully saturated rings. The van der Waals surface area contributed by atoms with Crippen LogP contribution in [0.15, 0.2) is 39.8 Å². The van der Waals surface area contributed by atoms with E-state index in [-0.39, 0.29) is 24.6 Å². The molecule has 0 radical (unpaired) electrons. The van der Waals surface area contributed by atoms with E-state index in [4.69, 9.17) is 9.15 Å². The van der Waals surface area contributed by atoms with Gasteiger partial charge in [-0.15, -0.1) is 0 Å². The molecule has 28 heavy (non-hydrogen) atoms. The van der Waals surface area contributed by atoms with Gasteiger partial charge in [-0.05, 0) is 31.5 Å². The Morgan fingerprint density at radius 1 is 1.29 bits per heavy atom. The van der Waals surface area contributed by atoms with E-state index < -0.39 is 5.97 Å². The Labute approximate surface area is 161 Å². The average molecular weight is 383 g/mol. The molecule has 8 heteroatoms. The van der Waals surface area contributed by atoms with E-state index in [1.165, 1.54) is 22.9 Å². The number of carbonyl (C=O) groups excluding carboxylic acids is 2. The lowest BCUT2D eigenvalue weighted by Gasteiger charge is -2.16. The van der Waals surface area contributed by atoms with Crippen LogP contribution in [0.1, 0.15) is 27.4 Å². The highest BCUT2D eigenvalue weighted by molar-refractivity contribution is 5.90. The van der Waals surface area contributed by atoms with Gasteiger partial charge in [-0.3, -0.25) is 14.2 Å². The number of carbonyl (C=O) groups is 2. The number of furan rings is 1. The number of aryl methyl sites for hydroxylation is 2. The quantitative estimate of drug-likeness (QED) is 0.626. The predicted molar refractivity (Wildman–Crippen MR) is 102 cm³/mol. The van der Waals surface area contributed by atoms with Crippen LogP contribution in [0.25, 0.3) is 10.9 Å². The van der Waals surface area contributed by atoms with Gasteiger partial charge in [0.2, 0.25) is 5.91 Å². The summed E-state index contributed by atoms with van der Waals surface area (Å²) >= 11 is 0. The standard InChI is InChI=1S/C20H21N3O5/c1-12-6-5-7-15-18(12)21-11-23(19(15)25)10-17(24)22(3)9-14-8-16(13(2)28-14)20(26)27-4/h5-8,11H,9-10H2,1-4H3. The van der Waals surface area contributed by atoms with Crippen molar-refractivity contribution in [3.05, 3.63) is 63.6 Å². The smallest absolute Gasteiger partial charge is 0.341 e. The number of rotatable bonds is 5. The zero-order chi connectivity index (χ0) is 20.4. The highest BCUT2D eigenvalue weighted by Gasteiger charge is 2.18. The summed E-state index contributed by atoms with van der Waals surface area (Å²) < 4.78 is 11.5. The maximum absolute atomic E-state index is 12.6. The van der Waals surface area contributed by atoms with Crippen LogP contribution in [0.2, 0.25) is 0 Å². The number of methoxy groups -OCH3 is 1. The molecule has 0 bridgehead atoms. The van der Waals surface area contributed by atoms with Crippen molar-refractivity contribution in [3.63, 3.8) is 0 Å². The number of aromatic nitrogens is 2. The van der Waals surface area contributed by atoms with Gasteiger partial charge in [-0.25, -0.2) is 9.78 Å². The zero-order valence-electron chi connectivity index (χ0n) is 16.2. The minimum Gasteiger partial charge on any atom is -0.465 e. The number of amides is 1. The third kappa shape index (κ3) is 3.66. The van der Waals surface area contributed by atoms with Crippen LogP contribution in [0.5, 0.6) is 0 Å². The van der Waals surface area contributed by atoms with Gasteiger partial charge in [-0.2, -0.15) is 0 Å². The topological polar surface area (TPSA) is 94.6 Å². The molecule has 0 atom stereocenters. The number of benzene rings is 1. The molecule has 0 N–H and O–H groups in total. The van der Waals surface area contributed by atoms with Crippen molar-refractivity contribution in [2.24, 2.45) is 0 Å². The molecule has 146 valence electrons. The van der Waals surface area contributed by atoms with Gasteiger partial charge < -0.3 is 14.1 Å². The fourth-order valence-electron chi connectivity index (χ4n) is 2.97. The van der Waals surface area contributed by atoms with Crippen LogP contribution < -0.4 is 5.56 Å². The molecule has 0 spiro atoms. The summed E-state index contributed by atoms with van der Waals surface area (Å²) in [6, 6.07) is 6.92. The number of hydrogen-bond acceptors (Lipinski definition) is 6. The minimum absolute atomic E-state index is 0.143. The Bertz CT molecular complexity index is 1110. The molecule has 1 aromatic carbocycles. The van der Waals surface area contributed by atoms with Crippen molar-refractivity contribution in [3.8, 4) is 0 Å². The third-order valence-electron chi connectivity index (χ3n) is 4.55. The minimum atomic E-state index is -0.495. The largest absolute Gasteiger partial charge is 0.465 e. The summed E-state index contributed by atoms with van der Waals surface area (Å²) in [6.45, 7) is 3.55. The molecule has 8 nitrogen and oxygen atoms in total. The second-order valence-corrected chi connectivity index (χ2v) is 6.57. The van der Waals surface area contributed by atoms with Crippen LogP contribution in [0, 0.1) is 13.8 Å². The number of hydrogen-bond donors (Lipinski definition) is 0. The predicted octanol–water partition coefficient (Wildman–Crippen LogP) is 2.05. The Morgan fingerprint density at radius 3 is 2.75 bits per heavy atom. The summed E-state index contributed by atoms with van der Waals surface area (Å²) in [5.74, 6) is 0.0940. The fourth-order valence-corrected chi connectivity index (χ4v) is 2.97. The van der Waals surface area contributed by atoms with Crippen molar-refractivity contribution in [2.75, 3.05) is 14.2 Å². The highest BCUT2D eigenvalue weighted by atomic mass is 16.5. The monoisotopic (exact) mass is 383 g/mol. The fraction of sp³-hybridized carbons (Fsp3) is 0.300. The van der Waals surface area contributed by atoms with E-state index >= 15 is 0 Å². The van der Waals surface area contributed by atoms with Crippen LogP contribution in [0.3, 0.4) is 0 Å². The first-order valence-electron chi connectivity index (χ1n) is 8.68. The maximum Gasteiger partial charge on any atom is 0.341 e. The van der Waals surface area contributed by atoms with E-state index in [9.17, 15) is 14.4 Å². The van der Waals surface area contributed by atoms with Crippen molar-refractivity contribution in [1.29, 1.82) is 0 Å². The van der Waals surface area contributed by atoms with E-state index in [1.54, 1.807) is 32.2 Å². The van der Waals surface area contributed by atoms with E-state index in [0.717, 1.165) is 5.56 Å². The van der Waals surface area contributed by atoms with Crippen LogP contribution in [-0.2, 0) is 22.6 Å².